The van der Waals surface area contributed by atoms with Crippen LogP contribution in [0.2, 0.25) is 0 Å². The average Bonchev–Trinajstić information content (AvgIpc) is 3.21. The maximum Gasteiger partial charge on any atom is 0.261 e. The summed E-state index contributed by atoms with van der Waals surface area (Å²) in [5.41, 5.74) is 0.860. The first-order valence-electron chi connectivity index (χ1n) is 8.60. The van der Waals surface area contributed by atoms with Crippen LogP contribution in [0, 0.1) is 0 Å². The molecule has 0 amide bonds. The topological polar surface area (TPSA) is 56.2 Å². The summed E-state index contributed by atoms with van der Waals surface area (Å²) in [6.45, 7) is 2.27. The maximum atomic E-state index is 12.5. The van der Waals surface area contributed by atoms with Crippen molar-refractivity contribution in [3.8, 4) is 0 Å². The van der Waals surface area contributed by atoms with Crippen molar-refractivity contribution in [3.63, 3.8) is 0 Å². The van der Waals surface area contributed by atoms with Crippen molar-refractivity contribution in [2.75, 3.05) is 13.2 Å². The zero-order valence-electron chi connectivity index (χ0n) is 13.3. The molecule has 2 heterocycles. The normalized spacial score (nSPS) is 23.0. The molecule has 1 saturated carbocycles. The second-order valence-corrected chi connectivity index (χ2v) is 6.68. The molecule has 1 atom stereocenters. The van der Waals surface area contributed by atoms with Crippen LogP contribution in [0.4, 0.5) is 0 Å². The highest BCUT2D eigenvalue weighted by molar-refractivity contribution is 5.76. The Balaban J connectivity index is 1.43. The molecule has 1 unspecified atom stereocenters. The molecule has 0 radical (unpaired) electrons. The molecule has 4 rings (SSSR count). The molecule has 2 aromatic rings. The van der Waals surface area contributed by atoms with Gasteiger partial charge < -0.3 is 10.1 Å². The molecule has 2 aliphatic rings. The second-order valence-electron chi connectivity index (χ2n) is 6.68. The van der Waals surface area contributed by atoms with E-state index in [2.05, 4.69) is 10.3 Å². The van der Waals surface area contributed by atoms with Crippen LogP contribution in [0.5, 0.6) is 0 Å². The summed E-state index contributed by atoms with van der Waals surface area (Å²) in [6, 6.07) is 7.93. The van der Waals surface area contributed by atoms with E-state index in [0.29, 0.717) is 18.0 Å². The monoisotopic (exact) mass is 313 g/mol. The molecule has 1 aromatic carbocycles. The van der Waals surface area contributed by atoms with Gasteiger partial charge in [0, 0.05) is 25.7 Å². The predicted octanol–water partition coefficient (Wildman–Crippen LogP) is 2.09. The molecule has 5 heteroatoms. The summed E-state index contributed by atoms with van der Waals surface area (Å²) in [7, 11) is 0. The van der Waals surface area contributed by atoms with Crippen molar-refractivity contribution < 1.29 is 4.74 Å². The fourth-order valence-electron chi connectivity index (χ4n) is 4.12. The van der Waals surface area contributed by atoms with Gasteiger partial charge in [-0.05, 0) is 31.4 Å². The number of rotatable bonds is 4. The van der Waals surface area contributed by atoms with Crippen LogP contribution in [0.25, 0.3) is 10.9 Å². The minimum atomic E-state index is 0.0376. The van der Waals surface area contributed by atoms with Gasteiger partial charge in [-0.1, -0.05) is 25.0 Å². The van der Waals surface area contributed by atoms with Gasteiger partial charge in [-0.15, -0.1) is 0 Å². The third kappa shape index (κ3) is 2.68. The SMILES string of the molecule is O=c1c2ccccc2ncn1CCNC1CCOC12CCCC2. The minimum Gasteiger partial charge on any atom is -0.373 e. The Kier molecular flexibility index (Phi) is 3.91. The number of nitrogens with one attached hydrogen (secondary N) is 1. The van der Waals surface area contributed by atoms with Crippen molar-refractivity contribution in [1.29, 1.82) is 0 Å². The largest absolute Gasteiger partial charge is 0.373 e. The van der Waals surface area contributed by atoms with E-state index in [4.69, 9.17) is 4.74 Å². The summed E-state index contributed by atoms with van der Waals surface area (Å²) in [6.07, 6.45) is 7.61. The first-order valence-corrected chi connectivity index (χ1v) is 8.60. The first kappa shape index (κ1) is 14.8. The number of nitrogens with zero attached hydrogens (tertiary/aromatic N) is 2. The van der Waals surface area contributed by atoms with Crippen LogP contribution in [0.3, 0.4) is 0 Å². The van der Waals surface area contributed by atoms with E-state index < -0.39 is 0 Å². The minimum absolute atomic E-state index is 0.0376. The molecule has 2 fully saturated rings. The summed E-state index contributed by atoms with van der Waals surface area (Å²) in [5.74, 6) is 0. The Morgan fingerprint density at radius 3 is 3.00 bits per heavy atom. The number of para-hydroxylation sites is 1. The van der Waals surface area contributed by atoms with Crippen LogP contribution < -0.4 is 10.9 Å². The van der Waals surface area contributed by atoms with E-state index in [9.17, 15) is 4.79 Å². The van der Waals surface area contributed by atoms with Crippen molar-refractivity contribution in [2.45, 2.75) is 50.3 Å². The quantitative estimate of drug-likeness (QED) is 0.939. The van der Waals surface area contributed by atoms with E-state index in [1.165, 1.54) is 25.7 Å². The van der Waals surface area contributed by atoms with Gasteiger partial charge in [0.2, 0.25) is 0 Å². The Hall–Kier alpha value is -1.72. The Morgan fingerprint density at radius 2 is 2.13 bits per heavy atom. The van der Waals surface area contributed by atoms with Crippen molar-refractivity contribution in [1.82, 2.24) is 14.9 Å². The Labute approximate surface area is 135 Å². The van der Waals surface area contributed by atoms with Gasteiger partial charge in [0.25, 0.3) is 5.56 Å². The molecule has 5 nitrogen and oxygen atoms in total. The van der Waals surface area contributed by atoms with Gasteiger partial charge in [-0.25, -0.2) is 4.98 Å². The second kappa shape index (κ2) is 6.06. The molecule has 1 saturated heterocycles. The molecule has 23 heavy (non-hydrogen) atoms. The highest BCUT2D eigenvalue weighted by atomic mass is 16.5. The van der Waals surface area contributed by atoms with Gasteiger partial charge >= 0.3 is 0 Å². The zero-order valence-corrected chi connectivity index (χ0v) is 13.3. The van der Waals surface area contributed by atoms with E-state index in [1.807, 2.05) is 24.3 Å². The zero-order chi connectivity index (χ0) is 15.7. The highest BCUT2D eigenvalue weighted by Crippen LogP contribution is 2.40. The molecular weight excluding hydrogens is 290 g/mol. The summed E-state index contributed by atoms with van der Waals surface area (Å²) in [4.78, 5) is 16.8. The number of benzene rings is 1. The van der Waals surface area contributed by atoms with Crippen LogP contribution >= 0.6 is 0 Å². The van der Waals surface area contributed by atoms with Gasteiger partial charge in [-0.2, -0.15) is 0 Å². The molecular formula is C18H23N3O2. The van der Waals surface area contributed by atoms with Crippen LogP contribution in [-0.4, -0.2) is 34.3 Å². The summed E-state index contributed by atoms with van der Waals surface area (Å²) < 4.78 is 7.76. The molecule has 1 N–H and O–H groups in total. The lowest BCUT2D eigenvalue weighted by molar-refractivity contribution is -0.00460. The van der Waals surface area contributed by atoms with Crippen molar-refractivity contribution in [3.05, 3.63) is 40.9 Å². The fraction of sp³-hybridized carbons (Fsp3) is 0.556. The first-order chi connectivity index (χ1) is 11.3. The number of hydrogen-bond acceptors (Lipinski definition) is 4. The third-order valence-corrected chi connectivity index (χ3v) is 5.36. The van der Waals surface area contributed by atoms with Gasteiger partial charge in [0.15, 0.2) is 0 Å². The fourth-order valence-corrected chi connectivity index (χ4v) is 4.12. The number of fused-ring (bicyclic) bond motifs is 1. The van der Waals surface area contributed by atoms with E-state index in [0.717, 1.165) is 25.1 Å². The summed E-state index contributed by atoms with van der Waals surface area (Å²) in [5, 5.41) is 4.31. The number of ether oxygens (including phenoxy) is 1. The van der Waals surface area contributed by atoms with Crippen LogP contribution in [-0.2, 0) is 11.3 Å². The van der Waals surface area contributed by atoms with E-state index in [-0.39, 0.29) is 11.2 Å². The van der Waals surface area contributed by atoms with Crippen LogP contribution in [0.15, 0.2) is 35.4 Å². The molecule has 1 spiro atoms. The predicted molar refractivity (Wildman–Crippen MR) is 89.6 cm³/mol. The number of hydrogen-bond donors (Lipinski definition) is 1. The molecule has 1 aromatic heterocycles. The Bertz CT molecular complexity index is 744. The maximum absolute atomic E-state index is 12.5. The lowest BCUT2D eigenvalue weighted by Gasteiger charge is -2.30. The molecule has 1 aliphatic heterocycles. The van der Waals surface area contributed by atoms with Gasteiger partial charge in [0.05, 0.1) is 22.8 Å². The lowest BCUT2D eigenvalue weighted by atomic mass is 9.92. The van der Waals surface area contributed by atoms with Gasteiger partial charge in [0.1, 0.15) is 0 Å². The third-order valence-electron chi connectivity index (χ3n) is 5.36. The summed E-state index contributed by atoms with van der Waals surface area (Å²) >= 11 is 0. The molecule has 0 bridgehead atoms. The average molecular weight is 313 g/mol. The lowest BCUT2D eigenvalue weighted by Crippen LogP contribution is -2.47. The molecule has 122 valence electrons. The smallest absolute Gasteiger partial charge is 0.261 e. The van der Waals surface area contributed by atoms with Crippen molar-refractivity contribution in [2.24, 2.45) is 0 Å². The number of aromatic nitrogens is 2. The Morgan fingerprint density at radius 1 is 1.30 bits per heavy atom. The van der Waals surface area contributed by atoms with E-state index >= 15 is 0 Å². The van der Waals surface area contributed by atoms with Crippen LogP contribution in [0.1, 0.15) is 32.1 Å². The highest BCUT2D eigenvalue weighted by Gasteiger charge is 2.45. The molecule has 1 aliphatic carbocycles. The van der Waals surface area contributed by atoms with Gasteiger partial charge in [-0.3, -0.25) is 9.36 Å². The van der Waals surface area contributed by atoms with Crippen molar-refractivity contribution >= 4 is 10.9 Å². The standard InChI is InChI=1S/C18H23N3O2/c22-17-14-5-1-2-6-15(14)20-13-21(17)11-10-19-16-7-12-23-18(16)8-3-4-9-18/h1-2,5-6,13,16,19H,3-4,7-12H2. The van der Waals surface area contributed by atoms with E-state index in [1.54, 1.807) is 10.9 Å².